The minimum absolute atomic E-state index is 0.102. The van der Waals surface area contributed by atoms with Crippen molar-refractivity contribution in [1.82, 2.24) is 4.98 Å². The fourth-order valence-electron chi connectivity index (χ4n) is 3.14. The van der Waals surface area contributed by atoms with E-state index < -0.39 is 0 Å². The molecule has 2 N–H and O–H groups in total. The van der Waals surface area contributed by atoms with E-state index in [1.807, 2.05) is 44.2 Å². The molecule has 114 valence electrons. The van der Waals surface area contributed by atoms with Gasteiger partial charge in [0, 0.05) is 18.5 Å². The third kappa shape index (κ3) is 2.56. The van der Waals surface area contributed by atoms with Gasteiger partial charge in [-0.3, -0.25) is 9.59 Å². The van der Waals surface area contributed by atoms with Gasteiger partial charge in [0.1, 0.15) is 5.75 Å². The van der Waals surface area contributed by atoms with Crippen LogP contribution in [0.15, 0.2) is 35.1 Å². The Morgan fingerprint density at radius 1 is 1.14 bits per heavy atom. The van der Waals surface area contributed by atoms with Crippen molar-refractivity contribution >= 4 is 5.78 Å². The number of carbonyl (C=O) groups is 1. The van der Waals surface area contributed by atoms with Crippen molar-refractivity contribution in [2.75, 3.05) is 0 Å². The molecule has 1 heterocycles. The van der Waals surface area contributed by atoms with E-state index in [0.717, 1.165) is 5.56 Å². The van der Waals surface area contributed by atoms with Gasteiger partial charge in [0.2, 0.25) is 0 Å². The maximum absolute atomic E-state index is 12.4. The van der Waals surface area contributed by atoms with E-state index in [9.17, 15) is 14.7 Å². The van der Waals surface area contributed by atoms with Crippen LogP contribution < -0.4 is 5.56 Å². The lowest BCUT2D eigenvalue weighted by Crippen LogP contribution is -2.31. The minimum Gasteiger partial charge on any atom is -0.507 e. The van der Waals surface area contributed by atoms with Crippen molar-refractivity contribution in [3.8, 4) is 5.75 Å². The topological polar surface area (TPSA) is 70.2 Å². The molecule has 0 atom stereocenters. The fourth-order valence-corrected chi connectivity index (χ4v) is 3.14. The summed E-state index contributed by atoms with van der Waals surface area (Å²) >= 11 is 0. The number of Topliss-reactive ketones (excluding diaryl/α,β-unsaturated/α-hetero) is 1. The van der Waals surface area contributed by atoms with Crippen molar-refractivity contribution in [1.29, 1.82) is 0 Å². The monoisotopic (exact) mass is 297 g/mol. The standard InChI is InChI=1S/C18H19NO3/c1-18(2)9-13-15(14(20)10-18)16(21)12(17(22)19-13)8-11-6-4-3-5-7-11/h3-7H,8-10H2,1-2H3,(H2,19,21,22). The third-order valence-electron chi connectivity index (χ3n) is 4.16. The maximum atomic E-state index is 12.4. The minimum atomic E-state index is -0.314. The highest BCUT2D eigenvalue weighted by atomic mass is 16.3. The Balaban J connectivity index is 2.10. The van der Waals surface area contributed by atoms with Crippen molar-refractivity contribution in [2.45, 2.75) is 33.1 Å². The number of pyridine rings is 1. The summed E-state index contributed by atoms with van der Waals surface area (Å²) in [6.07, 6.45) is 1.28. The number of aromatic hydroxyl groups is 1. The molecule has 0 fully saturated rings. The number of carbonyl (C=O) groups excluding carboxylic acids is 1. The van der Waals surface area contributed by atoms with Crippen LogP contribution in [0.5, 0.6) is 5.75 Å². The molecule has 1 aromatic carbocycles. The van der Waals surface area contributed by atoms with Crippen molar-refractivity contribution < 1.29 is 9.90 Å². The summed E-state index contributed by atoms with van der Waals surface area (Å²) in [5.74, 6) is -0.252. The number of rotatable bonds is 2. The van der Waals surface area contributed by atoms with Gasteiger partial charge in [0.05, 0.1) is 11.1 Å². The summed E-state index contributed by atoms with van der Waals surface area (Å²) in [6.45, 7) is 3.97. The van der Waals surface area contributed by atoms with E-state index in [-0.39, 0.29) is 28.1 Å². The van der Waals surface area contributed by atoms with Gasteiger partial charge < -0.3 is 10.1 Å². The molecule has 22 heavy (non-hydrogen) atoms. The molecule has 4 heteroatoms. The van der Waals surface area contributed by atoms with E-state index in [2.05, 4.69) is 4.98 Å². The Kier molecular flexibility index (Phi) is 3.39. The molecule has 0 aliphatic heterocycles. The largest absolute Gasteiger partial charge is 0.507 e. The highest BCUT2D eigenvalue weighted by Gasteiger charge is 2.34. The predicted molar refractivity (Wildman–Crippen MR) is 84.4 cm³/mol. The van der Waals surface area contributed by atoms with Crippen LogP contribution in [0.3, 0.4) is 0 Å². The zero-order chi connectivity index (χ0) is 15.9. The third-order valence-corrected chi connectivity index (χ3v) is 4.16. The number of hydrogen-bond acceptors (Lipinski definition) is 3. The zero-order valence-corrected chi connectivity index (χ0v) is 12.8. The first-order valence-corrected chi connectivity index (χ1v) is 7.41. The smallest absolute Gasteiger partial charge is 0.255 e. The van der Waals surface area contributed by atoms with E-state index in [1.54, 1.807) is 0 Å². The lowest BCUT2D eigenvalue weighted by atomic mass is 9.75. The van der Waals surface area contributed by atoms with Crippen LogP contribution in [0, 0.1) is 5.41 Å². The molecule has 0 unspecified atom stereocenters. The number of ketones is 1. The number of aromatic amines is 1. The van der Waals surface area contributed by atoms with Crippen LogP contribution in [0.1, 0.15) is 47.4 Å². The number of H-pyrrole nitrogens is 1. The Bertz CT molecular complexity index is 788. The first-order chi connectivity index (χ1) is 10.4. The van der Waals surface area contributed by atoms with Gasteiger partial charge in [-0.2, -0.15) is 0 Å². The van der Waals surface area contributed by atoms with Crippen LogP contribution in [0.25, 0.3) is 0 Å². The summed E-state index contributed by atoms with van der Waals surface area (Å²) in [7, 11) is 0. The molecule has 0 spiro atoms. The summed E-state index contributed by atoms with van der Waals surface area (Å²) < 4.78 is 0. The number of fused-ring (bicyclic) bond motifs is 1. The Morgan fingerprint density at radius 3 is 2.50 bits per heavy atom. The summed E-state index contributed by atoms with van der Waals surface area (Å²) in [6, 6.07) is 9.44. The second-order valence-electron chi connectivity index (χ2n) is 6.74. The molecular weight excluding hydrogens is 278 g/mol. The van der Waals surface area contributed by atoms with Gasteiger partial charge in [-0.25, -0.2) is 0 Å². The molecule has 4 nitrogen and oxygen atoms in total. The van der Waals surface area contributed by atoms with Crippen molar-refractivity contribution in [3.63, 3.8) is 0 Å². The number of aromatic nitrogens is 1. The van der Waals surface area contributed by atoms with Gasteiger partial charge in [0.15, 0.2) is 5.78 Å². The second-order valence-corrected chi connectivity index (χ2v) is 6.74. The van der Waals surface area contributed by atoms with Crippen LogP contribution in [-0.4, -0.2) is 15.9 Å². The molecular formula is C18H19NO3. The Hall–Kier alpha value is -2.36. The van der Waals surface area contributed by atoms with Crippen molar-refractivity contribution in [2.24, 2.45) is 5.41 Å². The normalized spacial score (nSPS) is 16.4. The molecule has 3 rings (SSSR count). The SMILES string of the molecule is CC1(C)CC(=O)c2c([nH]c(=O)c(Cc3ccccc3)c2O)C1. The van der Waals surface area contributed by atoms with Crippen LogP contribution in [-0.2, 0) is 12.8 Å². The Labute approximate surface area is 128 Å². The molecule has 1 aromatic heterocycles. The first kappa shape index (κ1) is 14.6. The van der Waals surface area contributed by atoms with Gasteiger partial charge in [-0.05, 0) is 17.4 Å². The highest BCUT2D eigenvalue weighted by Crippen LogP contribution is 2.37. The van der Waals surface area contributed by atoms with Gasteiger partial charge >= 0.3 is 0 Å². The maximum Gasteiger partial charge on any atom is 0.255 e. The number of nitrogens with one attached hydrogen (secondary N) is 1. The average molecular weight is 297 g/mol. The fraction of sp³-hybridized carbons (Fsp3) is 0.333. The molecule has 0 amide bonds. The van der Waals surface area contributed by atoms with E-state index in [4.69, 9.17) is 0 Å². The van der Waals surface area contributed by atoms with Crippen LogP contribution in [0.4, 0.5) is 0 Å². The van der Waals surface area contributed by atoms with Gasteiger partial charge in [-0.1, -0.05) is 44.2 Å². The van der Waals surface area contributed by atoms with E-state index >= 15 is 0 Å². The molecule has 1 aliphatic rings. The van der Waals surface area contributed by atoms with Crippen LogP contribution in [0.2, 0.25) is 0 Å². The van der Waals surface area contributed by atoms with Crippen molar-refractivity contribution in [3.05, 3.63) is 63.1 Å². The van der Waals surface area contributed by atoms with Gasteiger partial charge in [-0.15, -0.1) is 0 Å². The average Bonchev–Trinajstić information content (AvgIpc) is 2.42. The lowest BCUT2D eigenvalue weighted by molar-refractivity contribution is 0.0906. The summed E-state index contributed by atoms with van der Waals surface area (Å²) in [5, 5.41) is 10.5. The number of benzene rings is 1. The molecule has 0 radical (unpaired) electrons. The molecule has 0 saturated carbocycles. The first-order valence-electron chi connectivity index (χ1n) is 7.41. The molecule has 1 aliphatic carbocycles. The Morgan fingerprint density at radius 2 is 1.82 bits per heavy atom. The van der Waals surface area contributed by atoms with Gasteiger partial charge in [0.25, 0.3) is 5.56 Å². The number of hydrogen-bond donors (Lipinski definition) is 2. The van der Waals surface area contributed by atoms with E-state index in [1.165, 1.54) is 0 Å². The van der Waals surface area contributed by atoms with E-state index in [0.29, 0.717) is 30.5 Å². The van der Waals surface area contributed by atoms with Crippen LogP contribution >= 0.6 is 0 Å². The quantitative estimate of drug-likeness (QED) is 0.895. The summed E-state index contributed by atoms with van der Waals surface area (Å²) in [4.78, 5) is 27.5. The molecule has 0 bridgehead atoms. The predicted octanol–water partition coefficient (Wildman–Crippen LogP) is 2.83. The molecule has 0 saturated heterocycles. The molecule has 2 aromatic rings. The second kappa shape index (κ2) is 5.13. The zero-order valence-electron chi connectivity index (χ0n) is 12.8. The lowest BCUT2D eigenvalue weighted by Gasteiger charge is -2.30. The highest BCUT2D eigenvalue weighted by molar-refractivity contribution is 6.01. The summed E-state index contributed by atoms with van der Waals surface area (Å²) in [5.41, 5.74) is 1.53.